The van der Waals surface area contributed by atoms with Gasteiger partial charge in [0.05, 0.1) is 35.8 Å². The Bertz CT molecular complexity index is 1930. The zero-order chi connectivity index (χ0) is 38.5. The minimum absolute atomic E-state index is 0.0197. The molecule has 2 amide bonds. The van der Waals surface area contributed by atoms with Crippen LogP contribution in [0.4, 0.5) is 4.79 Å². The van der Waals surface area contributed by atoms with E-state index in [9.17, 15) is 19.5 Å². The zero-order valence-corrected chi connectivity index (χ0v) is 32.8. The van der Waals surface area contributed by atoms with Crippen molar-refractivity contribution in [3.05, 3.63) is 58.2 Å². The molecule has 53 heavy (non-hydrogen) atoms. The van der Waals surface area contributed by atoms with E-state index in [-0.39, 0.29) is 13.0 Å². The molecule has 5 rings (SSSR count). The molecule has 1 saturated heterocycles. The maximum Gasteiger partial charge on any atom is 0.408 e. The number of amides is 2. The van der Waals surface area contributed by atoms with E-state index >= 15 is 0 Å². The van der Waals surface area contributed by atoms with Crippen molar-refractivity contribution in [2.45, 2.75) is 98.1 Å². The van der Waals surface area contributed by atoms with E-state index in [2.05, 4.69) is 59.3 Å². The predicted octanol–water partition coefficient (Wildman–Crippen LogP) is 5.66. The molecule has 0 bridgehead atoms. The van der Waals surface area contributed by atoms with Gasteiger partial charge in [0.15, 0.2) is 0 Å². The molecule has 1 fully saturated rings. The Hall–Kier alpha value is -4.37. The minimum atomic E-state index is -1.01. The second-order valence-corrected chi connectivity index (χ2v) is 16.0. The van der Waals surface area contributed by atoms with Crippen LogP contribution in [-0.2, 0) is 49.8 Å². The van der Waals surface area contributed by atoms with Gasteiger partial charge in [0.2, 0.25) is 0 Å². The molecule has 2 atom stereocenters. The van der Waals surface area contributed by atoms with Crippen LogP contribution in [0.5, 0.6) is 0 Å². The molecule has 286 valence electrons. The van der Waals surface area contributed by atoms with Gasteiger partial charge in [-0.1, -0.05) is 19.9 Å². The monoisotopic (exact) mass is 748 g/mol. The molecule has 3 aromatic heterocycles. The number of rotatable bonds is 13. The average Bonchev–Trinajstić information content (AvgIpc) is 3.72. The molecule has 14 heteroatoms. The summed E-state index contributed by atoms with van der Waals surface area (Å²) in [4.78, 5) is 48.7. The Kier molecular flexibility index (Phi) is 12.6. The third-order valence-corrected chi connectivity index (χ3v) is 10.0. The van der Waals surface area contributed by atoms with Gasteiger partial charge >= 0.3 is 12.1 Å². The van der Waals surface area contributed by atoms with E-state index in [1.807, 2.05) is 17.5 Å². The summed E-state index contributed by atoms with van der Waals surface area (Å²) in [6.07, 6.45) is 2.90. The van der Waals surface area contributed by atoms with Crippen molar-refractivity contribution in [1.82, 2.24) is 30.3 Å². The number of nitrogens with one attached hydrogen (secondary N) is 2. The highest BCUT2D eigenvalue weighted by atomic mass is 32.1. The summed E-state index contributed by atoms with van der Waals surface area (Å²) in [5, 5.41) is 18.1. The van der Waals surface area contributed by atoms with Gasteiger partial charge in [-0.15, -0.1) is 11.3 Å². The third-order valence-electron chi connectivity index (χ3n) is 9.15. The molecule has 1 aliphatic rings. The number of aryl methyl sites for hydroxylation is 1. The Balaban J connectivity index is 1.51. The lowest BCUT2D eigenvalue weighted by molar-refractivity contribution is -0.150. The summed E-state index contributed by atoms with van der Waals surface area (Å²) in [6.45, 7) is 13.0. The van der Waals surface area contributed by atoms with E-state index in [0.717, 1.165) is 51.2 Å². The molecule has 1 aliphatic heterocycles. The Morgan fingerprint density at radius 3 is 2.60 bits per heavy atom. The molecule has 0 radical (unpaired) electrons. The average molecular weight is 749 g/mol. The zero-order valence-electron chi connectivity index (χ0n) is 31.9. The van der Waals surface area contributed by atoms with E-state index in [0.29, 0.717) is 37.4 Å². The number of ether oxygens (including phenoxy) is 3. The number of esters is 1. The number of hydrogen-bond acceptors (Lipinski definition) is 11. The quantitative estimate of drug-likeness (QED) is 0.146. The predicted molar refractivity (Wildman–Crippen MR) is 204 cm³/mol. The number of alkyl carbamates (subject to hydrolysis) is 1. The van der Waals surface area contributed by atoms with Crippen LogP contribution in [0.1, 0.15) is 70.6 Å². The second-order valence-electron chi connectivity index (χ2n) is 15.1. The molecule has 0 aliphatic carbocycles. The van der Waals surface area contributed by atoms with Crippen LogP contribution in [0.15, 0.2) is 41.9 Å². The maximum absolute atomic E-state index is 13.9. The fourth-order valence-corrected chi connectivity index (χ4v) is 7.50. The number of benzene rings is 1. The Morgan fingerprint density at radius 2 is 1.92 bits per heavy atom. The van der Waals surface area contributed by atoms with Gasteiger partial charge in [0, 0.05) is 66.8 Å². The smallest absolute Gasteiger partial charge is 0.408 e. The van der Waals surface area contributed by atoms with Crippen LogP contribution in [0, 0.1) is 5.41 Å². The highest BCUT2D eigenvalue weighted by Gasteiger charge is 2.34. The number of pyridine rings is 1. The first-order chi connectivity index (χ1) is 25.2. The van der Waals surface area contributed by atoms with Crippen molar-refractivity contribution in [2.24, 2.45) is 5.41 Å². The van der Waals surface area contributed by atoms with Gasteiger partial charge < -0.3 is 29.2 Å². The normalized spacial score (nSPS) is 15.7. The Morgan fingerprint density at radius 1 is 1.15 bits per heavy atom. The van der Waals surface area contributed by atoms with Gasteiger partial charge in [-0.3, -0.25) is 19.6 Å². The number of hydrazine groups is 1. The van der Waals surface area contributed by atoms with Gasteiger partial charge in [-0.2, -0.15) is 0 Å². The molecule has 13 nitrogen and oxygen atoms in total. The van der Waals surface area contributed by atoms with Crippen LogP contribution in [0.25, 0.3) is 33.4 Å². The third kappa shape index (κ3) is 9.42. The van der Waals surface area contributed by atoms with Gasteiger partial charge in [-0.25, -0.2) is 15.2 Å². The van der Waals surface area contributed by atoms with Crippen LogP contribution in [0.3, 0.4) is 0 Å². The molecule has 4 aromatic rings. The summed E-state index contributed by atoms with van der Waals surface area (Å²) < 4.78 is 18.2. The molecule has 0 spiro atoms. The number of thiazole rings is 1. The summed E-state index contributed by atoms with van der Waals surface area (Å²) in [7, 11) is 2.97. The van der Waals surface area contributed by atoms with Gasteiger partial charge in [0.1, 0.15) is 17.7 Å². The summed E-state index contributed by atoms with van der Waals surface area (Å²) >= 11 is 1.40. The van der Waals surface area contributed by atoms with Gasteiger partial charge in [-0.05, 0) is 82.2 Å². The topological polar surface area (TPSA) is 157 Å². The lowest BCUT2D eigenvalue weighted by Crippen LogP contribution is -2.60. The van der Waals surface area contributed by atoms with E-state index < -0.39 is 41.1 Å². The second kappa shape index (κ2) is 16.8. The first-order valence-corrected chi connectivity index (χ1v) is 18.8. The highest BCUT2D eigenvalue weighted by molar-refractivity contribution is 7.10. The number of carbonyl (C=O) groups is 3. The SMILES string of the molecule is CCn1c(-c2cccnc2COC)c(CC(C)(C)CO)c2cc(-c3csc(C[C@H](NC(=O)OC(C)(C)C)C(=O)N4CCC[C@@H](C(=O)OC)N4)n3)ccc21. The number of aliphatic hydroxyl groups is 1. The van der Waals surface area contributed by atoms with Crippen LogP contribution in [0.2, 0.25) is 0 Å². The molecule has 0 saturated carbocycles. The van der Waals surface area contributed by atoms with Crippen molar-refractivity contribution >= 4 is 40.2 Å². The van der Waals surface area contributed by atoms with Crippen molar-refractivity contribution < 1.29 is 33.7 Å². The minimum Gasteiger partial charge on any atom is -0.468 e. The largest absolute Gasteiger partial charge is 0.468 e. The van der Waals surface area contributed by atoms with E-state index in [1.54, 1.807) is 34.1 Å². The number of hydrogen-bond donors (Lipinski definition) is 3. The first kappa shape index (κ1) is 39.8. The van der Waals surface area contributed by atoms with Gasteiger partial charge in [0.25, 0.3) is 5.91 Å². The summed E-state index contributed by atoms with van der Waals surface area (Å²) in [5.74, 6) is -0.864. The molecule has 1 aromatic carbocycles. The van der Waals surface area contributed by atoms with Crippen LogP contribution < -0.4 is 10.7 Å². The molecule has 4 heterocycles. The lowest BCUT2D eigenvalue weighted by atomic mass is 9.84. The summed E-state index contributed by atoms with van der Waals surface area (Å²) in [6, 6.07) is 8.63. The first-order valence-electron chi connectivity index (χ1n) is 18.0. The van der Waals surface area contributed by atoms with Crippen LogP contribution >= 0.6 is 11.3 Å². The molecular weight excluding hydrogens is 697 g/mol. The maximum atomic E-state index is 13.9. The standard InChI is InChI=1S/C39H52N6O7S/c1-9-44-32-15-14-24(18-26(32)27(20-39(5,6)23-46)34(44)25-12-10-16-40-30(25)21-50-7)31-22-53-33(41-31)19-29(42-37(49)52-38(2,3)4)35(47)45-17-11-13-28(43-45)36(48)51-8/h10,12,14-16,18,22,28-29,43,46H,9,11,13,17,19-21,23H2,1-8H3,(H,42,49)/t28-,29-/m0/s1. The van der Waals surface area contributed by atoms with Crippen LogP contribution in [-0.4, -0.2) is 87.7 Å². The summed E-state index contributed by atoms with van der Waals surface area (Å²) in [5.41, 5.74) is 8.48. The highest BCUT2D eigenvalue weighted by Crippen LogP contribution is 2.40. The number of fused-ring (bicyclic) bond motifs is 1. The molecular formula is C39H52N6O7S. The van der Waals surface area contributed by atoms with Crippen molar-refractivity contribution in [2.75, 3.05) is 27.4 Å². The van der Waals surface area contributed by atoms with E-state index in [1.165, 1.54) is 23.5 Å². The lowest BCUT2D eigenvalue weighted by Gasteiger charge is -2.34. The van der Waals surface area contributed by atoms with Crippen molar-refractivity contribution in [3.63, 3.8) is 0 Å². The number of aliphatic hydroxyl groups excluding tert-OH is 1. The fraction of sp³-hybridized carbons (Fsp3) is 0.513. The van der Waals surface area contributed by atoms with Crippen molar-refractivity contribution in [3.8, 4) is 22.5 Å². The molecule has 3 N–H and O–H groups in total. The number of carbonyl (C=O) groups excluding carboxylic acids is 3. The van der Waals surface area contributed by atoms with E-state index in [4.69, 9.17) is 19.2 Å². The van der Waals surface area contributed by atoms with Crippen molar-refractivity contribution in [1.29, 1.82) is 0 Å². The molecule has 0 unspecified atom stereocenters. The number of nitrogens with zero attached hydrogens (tertiary/aromatic N) is 4. The Labute approximate surface area is 315 Å². The number of methoxy groups -OCH3 is 2. The fourth-order valence-electron chi connectivity index (χ4n) is 6.65. The number of aromatic nitrogens is 3.